The van der Waals surface area contributed by atoms with Crippen molar-refractivity contribution in [2.75, 3.05) is 29.4 Å². The molecule has 3 aromatic heterocycles. The van der Waals surface area contributed by atoms with Crippen LogP contribution >= 0.6 is 0 Å². The lowest BCUT2D eigenvalue weighted by molar-refractivity contribution is -0.182. The van der Waals surface area contributed by atoms with Gasteiger partial charge >= 0.3 is 12.2 Å². The molecule has 0 radical (unpaired) electrons. The molecule has 2 aliphatic heterocycles. The number of hydrogen-bond acceptors (Lipinski definition) is 9. The summed E-state index contributed by atoms with van der Waals surface area (Å²) < 4.78 is 47.9. The molecule has 0 unspecified atom stereocenters. The number of imide groups is 1. The standard InChI is InChI=1S/C35H39F3N10O4/c1-21-14-25(5-6-26(21)48-18-22(15-41-48)30(50)40-17-27-42-31(45-44-27)33(2,3)35(36,37)38)52-24-8-11-34(12-9-24)19-46(20-34)28-7-4-23(16-39-28)47-13-10-29(49)43-32(47)51/h4-7,14-16,18,24H,8-13,17,19-20H2,1-3H3,(H,40,50)(H,42,44,45)(H,43,49,51). The fraction of sp³-hybridized carbons (Fsp3) is 0.457. The van der Waals surface area contributed by atoms with Crippen molar-refractivity contribution in [3.63, 3.8) is 0 Å². The van der Waals surface area contributed by atoms with E-state index >= 15 is 0 Å². The molecular weight excluding hydrogens is 681 g/mol. The predicted octanol–water partition coefficient (Wildman–Crippen LogP) is 4.74. The van der Waals surface area contributed by atoms with Crippen LogP contribution in [0.4, 0.5) is 29.5 Å². The number of nitrogens with zero attached hydrogens (tertiary/aromatic N) is 7. The molecule has 7 rings (SSSR count). The molecule has 3 N–H and O–H groups in total. The maximum absolute atomic E-state index is 13.3. The van der Waals surface area contributed by atoms with Crippen molar-refractivity contribution < 1.29 is 32.3 Å². The fourth-order valence-electron chi connectivity index (χ4n) is 6.87. The highest BCUT2D eigenvalue weighted by Gasteiger charge is 2.51. The number of nitrogens with one attached hydrogen (secondary N) is 3. The summed E-state index contributed by atoms with van der Waals surface area (Å²) in [6.45, 7) is 5.98. The average Bonchev–Trinajstić information content (AvgIpc) is 3.78. The zero-order chi connectivity index (χ0) is 36.8. The molecular formula is C35H39F3N10O4. The number of amides is 4. The number of aromatic nitrogens is 6. The minimum Gasteiger partial charge on any atom is -0.490 e. The first-order valence-corrected chi connectivity index (χ1v) is 17.1. The Bertz CT molecular complexity index is 1970. The Balaban J connectivity index is 0.877. The summed E-state index contributed by atoms with van der Waals surface area (Å²) in [6.07, 6.45) is 4.51. The zero-order valence-electron chi connectivity index (χ0n) is 29.0. The number of anilines is 2. The van der Waals surface area contributed by atoms with E-state index in [9.17, 15) is 27.6 Å². The summed E-state index contributed by atoms with van der Waals surface area (Å²) in [6, 6.07) is 9.11. The lowest BCUT2D eigenvalue weighted by Gasteiger charge is -2.54. The van der Waals surface area contributed by atoms with Crippen LogP contribution in [0, 0.1) is 12.3 Å². The third kappa shape index (κ3) is 6.90. The van der Waals surface area contributed by atoms with Gasteiger partial charge in [-0.25, -0.2) is 19.4 Å². The summed E-state index contributed by atoms with van der Waals surface area (Å²) in [4.78, 5) is 48.7. The van der Waals surface area contributed by atoms with Crippen molar-refractivity contribution in [3.8, 4) is 11.4 Å². The second-order valence-corrected chi connectivity index (χ2v) is 14.3. The van der Waals surface area contributed by atoms with E-state index in [4.69, 9.17) is 4.74 Å². The van der Waals surface area contributed by atoms with Crippen molar-refractivity contribution >= 4 is 29.4 Å². The van der Waals surface area contributed by atoms with Gasteiger partial charge < -0.3 is 15.0 Å². The number of rotatable bonds is 9. The van der Waals surface area contributed by atoms with Gasteiger partial charge in [-0.1, -0.05) is 0 Å². The first-order valence-electron chi connectivity index (χ1n) is 17.1. The smallest absolute Gasteiger partial charge is 0.401 e. The largest absolute Gasteiger partial charge is 0.490 e. The van der Waals surface area contributed by atoms with E-state index in [-0.39, 0.29) is 41.8 Å². The molecule has 3 fully saturated rings. The summed E-state index contributed by atoms with van der Waals surface area (Å²) in [5.74, 6) is 0.617. The molecule has 1 saturated carbocycles. The van der Waals surface area contributed by atoms with Crippen LogP contribution in [-0.4, -0.2) is 79.7 Å². The van der Waals surface area contributed by atoms with Gasteiger partial charge in [0.2, 0.25) is 5.91 Å². The third-order valence-corrected chi connectivity index (χ3v) is 10.2. The van der Waals surface area contributed by atoms with Gasteiger partial charge in [-0.3, -0.25) is 24.9 Å². The topological polar surface area (TPSA) is 163 Å². The van der Waals surface area contributed by atoms with Gasteiger partial charge in [0.05, 0.1) is 42.0 Å². The van der Waals surface area contributed by atoms with Crippen LogP contribution < -0.4 is 25.2 Å². The van der Waals surface area contributed by atoms with Gasteiger partial charge in [-0.15, -0.1) is 0 Å². The number of benzene rings is 1. The summed E-state index contributed by atoms with van der Waals surface area (Å²) in [5, 5.41) is 15.5. The van der Waals surface area contributed by atoms with Crippen LogP contribution in [0.25, 0.3) is 5.69 Å². The van der Waals surface area contributed by atoms with E-state index in [0.29, 0.717) is 12.2 Å². The summed E-state index contributed by atoms with van der Waals surface area (Å²) in [7, 11) is 0. The number of H-pyrrole nitrogens is 1. The van der Waals surface area contributed by atoms with Crippen molar-refractivity contribution in [3.05, 3.63) is 71.7 Å². The number of carbonyl (C=O) groups is 3. The average molecular weight is 721 g/mol. The van der Waals surface area contributed by atoms with Gasteiger partial charge in [0.15, 0.2) is 5.82 Å². The van der Waals surface area contributed by atoms with E-state index in [0.717, 1.165) is 75.4 Å². The summed E-state index contributed by atoms with van der Waals surface area (Å²) in [5.41, 5.74) is 0.621. The Morgan fingerprint density at radius 2 is 1.87 bits per heavy atom. The number of urea groups is 1. The highest BCUT2D eigenvalue weighted by Crippen LogP contribution is 2.46. The van der Waals surface area contributed by atoms with Gasteiger partial charge in [-0.05, 0) is 82.3 Å². The lowest BCUT2D eigenvalue weighted by Crippen LogP contribution is -2.58. The van der Waals surface area contributed by atoms with E-state index in [2.05, 4.69) is 40.8 Å². The van der Waals surface area contributed by atoms with Gasteiger partial charge in [0.25, 0.3) is 5.91 Å². The van der Waals surface area contributed by atoms with Crippen molar-refractivity contribution in [2.45, 2.75) is 77.1 Å². The van der Waals surface area contributed by atoms with Crippen LogP contribution in [0.5, 0.6) is 5.75 Å². The molecule has 1 spiro atoms. The SMILES string of the molecule is Cc1cc(OC2CCC3(CC2)CN(c2ccc(N4CCC(=O)NC4=O)cn2)C3)ccc1-n1cc(C(=O)NCc2nc(C(C)(C)C(F)(F)F)n[nH]2)cn1. The highest BCUT2D eigenvalue weighted by molar-refractivity contribution is 6.05. The van der Waals surface area contributed by atoms with Gasteiger partial charge in [0.1, 0.15) is 22.8 Å². The fourth-order valence-corrected chi connectivity index (χ4v) is 6.87. The minimum atomic E-state index is -4.52. The quantitative estimate of drug-likeness (QED) is 0.222. The second kappa shape index (κ2) is 13.2. The molecule has 1 aromatic carbocycles. The van der Waals surface area contributed by atoms with Crippen molar-refractivity contribution in [1.82, 2.24) is 40.6 Å². The maximum atomic E-state index is 13.3. The molecule has 3 aliphatic rings. The Kier molecular flexibility index (Phi) is 8.90. The normalized spacial score (nSPS) is 18.0. The zero-order valence-corrected chi connectivity index (χ0v) is 29.0. The van der Waals surface area contributed by atoms with Crippen LogP contribution in [0.15, 0.2) is 48.9 Å². The van der Waals surface area contributed by atoms with Crippen LogP contribution in [0.1, 0.15) is 73.5 Å². The van der Waals surface area contributed by atoms with Gasteiger partial charge in [0, 0.05) is 37.7 Å². The molecule has 4 amide bonds. The highest BCUT2D eigenvalue weighted by atomic mass is 19.4. The lowest BCUT2D eigenvalue weighted by atomic mass is 9.68. The maximum Gasteiger partial charge on any atom is 0.401 e. The third-order valence-electron chi connectivity index (χ3n) is 10.2. The number of aromatic amines is 1. The number of pyridine rings is 1. The Morgan fingerprint density at radius 3 is 2.54 bits per heavy atom. The molecule has 14 nitrogen and oxygen atoms in total. The van der Waals surface area contributed by atoms with Crippen molar-refractivity contribution in [1.29, 1.82) is 0 Å². The molecule has 0 atom stereocenters. The molecule has 1 aliphatic carbocycles. The second-order valence-electron chi connectivity index (χ2n) is 14.3. The van der Waals surface area contributed by atoms with Crippen LogP contribution in [0.3, 0.4) is 0 Å². The van der Waals surface area contributed by atoms with E-state index in [1.165, 1.54) is 11.1 Å². The van der Waals surface area contributed by atoms with Crippen LogP contribution in [-0.2, 0) is 16.8 Å². The minimum absolute atomic E-state index is 0.102. The molecule has 0 bridgehead atoms. The Labute approximate surface area is 297 Å². The van der Waals surface area contributed by atoms with Gasteiger partial charge in [-0.2, -0.15) is 23.4 Å². The van der Waals surface area contributed by atoms with E-state index in [1.54, 1.807) is 17.1 Å². The van der Waals surface area contributed by atoms with E-state index < -0.39 is 29.4 Å². The monoisotopic (exact) mass is 720 g/mol. The van der Waals surface area contributed by atoms with Crippen molar-refractivity contribution in [2.24, 2.45) is 5.41 Å². The number of alkyl halides is 3. The predicted molar refractivity (Wildman–Crippen MR) is 182 cm³/mol. The Hall–Kier alpha value is -5.48. The molecule has 2 saturated heterocycles. The molecule has 52 heavy (non-hydrogen) atoms. The van der Waals surface area contributed by atoms with E-state index in [1.807, 2.05) is 37.3 Å². The first kappa shape index (κ1) is 34.9. The molecule has 17 heteroatoms. The number of carbonyl (C=O) groups excluding carboxylic acids is 3. The number of halogens is 3. The first-order chi connectivity index (χ1) is 24.7. The molecule has 274 valence electrons. The molecule has 5 heterocycles. The summed E-state index contributed by atoms with van der Waals surface area (Å²) >= 11 is 0. The van der Waals surface area contributed by atoms with Crippen LogP contribution in [0.2, 0.25) is 0 Å². The Morgan fingerprint density at radius 1 is 1.10 bits per heavy atom. The number of aryl methyl sites for hydroxylation is 1. The number of ether oxygens (including phenoxy) is 1. The molecule has 4 aromatic rings. The number of hydrogen-bond donors (Lipinski definition) is 3.